The Labute approximate surface area is 209 Å². The molecule has 3 aromatic carbocycles. The average Bonchev–Trinajstić information content (AvgIpc) is 3.56. The highest BCUT2D eigenvalue weighted by Gasteiger charge is 2.24. The highest BCUT2D eigenvalue weighted by molar-refractivity contribution is 6.08. The van der Waals surface area contributed by atoms with Crippen molar-refractivity contribution in [1.82, 2.24) is 25.1 Å². The molecule has 5 aromatic rings. The molecule has 1 amide bonds. The predicted molar refractivity (Wildman–Crippen MR) is 143 cm³/mol. The van der Waals surface area contributed by atoms with E-state index in [4.69, 9.17) is 10.8 Å². The van der Waals surface area contributed by atoms with Crippen molar-refractivity contribution in [1.29, 1.82) is 0 Å². The summed E-state index contributed by atoms with van der Waals surface area (Å²) in [6, 6.07) is 20.5. The number of hydrogen-bond acceptors (Lipinski definition) is 5. The summed E-state index contributed by atoms with van der Waals surface area (Å²) in [5, 5.41) is 10.9. The van der Waals surface area contributed by atoms with Crippen molar-refractivity contribution in [2.75, 3.05) is 5.73 Å². The molecular weight excluding hydrogens is 448 g/mol. The third-order valence-corrected chi connectivity index (χ3v) is 7.23. The van der Waals surface area contributed by atoms with Gasteiger partial charge in [-0.05, 0) is 41.7 Å². The molecule has 0 unspecified atom stereocenters. The standard InChI is InChI=1S/C29H28N6O/c1-18-10-13-20-6-2-5-9-23(20)24(18)29(36)31-16-19-11-14-21(15-12-19)26-25-27(30)32-17-33-28(25)35(34-26)22-7-3-4-8-22/h2,5-6,9-15,17,22H,3-4,7-8,16H2,1H3,(H,31,36)(H2,30,32,33). The van der Waals surface area contributed by atoms with Crippen LogP contribution in [-0.4, -0.2) is 25.7 Å². The number of carbonyl (C=O) groups is 1. The Balaban J connectivity index is 1.25. The van der Waals surface area contributed by atoms with Crippen LogP contribution in [0.4, 0.5) is 5.82 Å². The minimum absolute atomic E-state index is 0.0698. The number of aryl methyl sites for hydroxylation is 1. The minimum Gasteiger partial charge on any atom is -0.383 e. The van der Waals surface area contributed by atoms with Crippen molar-refractivity contribution in [3.63, 3.8) is 0 Å². The van der Waals surface area contributed by atoms with E-state index in [1.807, 2.05) is 66.2 Å². The molecule has 2 heterocycles. The Morgan fingerprint density at radius 3 is 2.61 bits per heavy atom. The summed E-state index contributed by atoms with van der Waals surface area (Å²) in [4.78, 5) is 21.8. The number of nitrogen functional groups attached to an aromatic ring is 1. The second-order valence-electron chi connectivity index (χ2n) is 9.55. The summed E-state index contributed by atoms with van der Waals surface area (Å²) in [6.45, 7) is 2.41. The molecule has 0 spiro atoms. The largest absolute Gasteiger partial charge is 0.383 e. The van der Waals surface area contributed by atoms with E-state index in [9.17, 15) is 4.79 Å². The molecule has 7 nitrogen and oxygen atoms in total. The van der Waals surface area contributed by atoms with Gasteiger partial charge >= 0.3 is 0 Å². The lowest BCUT2D eigenvalue weighted by Crippen LogP contribution is -2.23. The fourth-order valence-electron chi connectivity index (χ4n) is 5.33. The van der Waals surface area contributed by atoms with Crippen LogP contribution in [0.3, 0.4) is 0 Å². The van der Waals surface area contributed by atoms with E-state index in [1.54, 1.807) is 0 Å². The predicted octanol–water partition coefficient (Wildman–Crippen LogP) is 5.58. The van der Waals surface area contributed by atoms with E-state index in [0.29, 0.717) is 18.4 Å². The Hall–Kier alpha value is -4.26. The van der Waals surface area contributed by atoms with Gasteiger partial charge in [-0.3, -0.25) is 4.79 Å². The van der Waals surface area contributed by atoms with Crippen molar-refractivity contribution in [2.24, 2.45) is 0 Å². The zero-order valence-electron chi connectivity index (χ0n) is 20.2. The number of nitrogens with one attached hydrogen (secondary N) is 1. The molecule has 0 saturated heterocycles. The molecule has 7 heteroatoms. The topological polar surface area (TPSA) is 98.7 Å². The van der Waals surface area contributed by atoms with Gasteiger partial charge in [0.05, 0.1) is 17.0 Å². The van der Waals surface area contributed by atoms with Gasteiger partial charge in [0.25, 0.3) is 5.91 Å². The molecule has 180 valence electrons. The average molecular weight is 477 g/mol. The second kappa shape index (κ2) is 9.07. The van der Waals surface area contributed by atoms with E-state index in [0.717, 1.165) is 62.6 Å². The molecule has 0 bridgehead atoms. The zero-order chi connectivity index (χ0) is 24.6. The number of benzene rings is 3. The number of carbonyl (C=O) groups excluding carboxylic acids is 1. The summed E-state index contributed by atoms with van der Waals surface area (Å²) < 4.78 is 2.04. The van der Waals surface area contributed by atoms with Crippen molar-refractivity contribution < 1.29 is 4.79 Å². The van der Waals surface area contributed by atoms with Crippen LogP contribution in [-0.2, 0) is 6.54 Å². The monoisotopic (exact) mass is 476 g/mol. The number of rotatable bonds is 5. The first kappa shape index (κ1) is 22.2. The van der Waals surface area contributed by atoms with E-state index >= 15 is 0 Å². The van der Waals surface area contributed by atoms with Gasteiger partial charge in [0, 0.05) is 12.1 Å². The van der Waals surface area contributed by atoms with Gasteiger partial charge in [0.15, 0.2) is 5.65 Å². The van der Waals surface area contributed by atoms with Crippen LogP contribution in [0.25, 0.3) is 33.1 Å². The highest BCUT2D eigenvalue weighted by Crippen LogP contribution is 2.36. The molecule has 0 atom stereocenters. The maximum absolute atomic E-state index is 13.1. The van der Waals surface area contributed by atoms with Gasteiger partial charge in [-0.1, -0.05) is 73.5 Å². The van der Waals surface area contributed by atoms with Crippen LogP contribution in [0.5, 0.6) is 0 Å². The molecule has 1 aliphatic rings. The third-order valence-electron chi connectivity index (χ3n) is 7.23. The molecule has 3 N–H and O–H groups in total. The zero-order valence-corrected chi connectivity index (χ0v) is 20.2. The molecular formula is C29H28N6O. The first-order valence-corrected chi connectivity index (χ1v) is 12.4. The summed E-state index contributed by atoms with van der Waals surface area (Å²) in [7, 11) is 0. The number of nitrogens with two attached hydrogens (primary N) is 1. The summed E-state index contributed by atoms with van der Waals surface area (Å²) in [6.07, 6.45) is 6.14. The molecule has 0 radical (unpaired) electrons. The summed E-state index contributed by atoms with van der Waals surface area (Å²) in [5.41, 5.74) is 11.5. The number of anilines is 1. The fraction of sp³-hybridized carbons (Fsp3) is 0.241. The lowest BCUT2D eigenvalue weighted by Gasteiger charge is -2.11. The summed E-state index contributed by atoms with van der Waals surface area (Å²) >= 11 is 0. The number of nitrogens with zero attached hydrogens (tertiary/aromatic N) is 4. The number of aromatic nitrogens is 4. The van der Waals surface area contributed by atoms with Crippen LogP contribution < -0.4 is 11.1 Å². The van der Waals surface area contributed by atoms with Gasteiger partial charge in [0.1, 0.15) is 17.8 Å². The molecule has 6 rings (SSSR count). The fourth-order valence-corrected chi connectivity index (χ4v) is 5.33. The number of hydrogen-bond donors (Lipinski definition) is 2. The van der Waals surface area contributed by atoms with Crippen LogP contribution >= 0.6 is 0 Å². The normalized spacial score (nSPS) is 14.0. The number of fused-ring (bicyclic) bond motifs is 2. The van der Waals surface area contributed by atoms with Crippen LogP contribution in [0.2, 0.25) is 0 Å². The van der Waals surface area contributed by atoms with Gasteiger partial charge in [-0.15, -0.1) is 0 Å². The van der Waals surface area contributed by atoms with Gasteiger partial charge in [0.2, 0.25) is 0 Å². The Kier molecular flexibility index (Phi) is 5.60. The molecule has 1 aliphatic carbocycles. The Morgan fingerprint density at radius 1 is 1.03 bits per heavy atom. The quantitative estimate of drug-likeness (QED) is 0.345. The second-order valence-corrected chi connectivity index (χ2v) is 9.55. The lowest BCUT2D eigenvalue weighted by molar-refractivity contribution is 0.0952. The maximum atomic E-state index is 13.1. The molecule has 0 aliphatic heterocycles. The van der Waals surface area contributed by atoms with Crippen LogP contribution in [0.1, 0.15) is 53.2 Å². The van der Waals surface area contributed by atoms with E-state index < -0.39 is 0 Å². The SMILES string of the molecule is Cc1ccc2ccccc2c1C(=O)NCc1ccc(-c2nn(C3CCCC3)c3ncnc(N)c23)cc1. The minimum atomic E-state index is -0.0698. The van der Waals surface area contributed by atoms with E-state index in [1.165, 1.54) is 19.2 Å². The first-order chi connectivity index (χ1) is 17.6. The van der Waals surface area contributed by atoms with Gasteiger partial charge in [-0.2, -0.15) is 5.10 Å². The highest BCUT2D eigenvalue weighted by atomic mass is 16.1. The van der Waals surface area contributed by atoms with E-state index in [2.05, 4.69) is 21.4 Å². The van der Waals surface area contributed by atoms with Crippen molar-refractivity contribution in [3.05, 3.63) is 83.7 Å². The molecule has 2 aromatic heterocycles. The maximum Gasteiger partial charge on any atom is 0.252 e. The van der Waals surface area contributed by atoms with Crippen molar-refractivity contribution in [3.8, 4) is 11.3 Å². The number of amides is 1. The van der Waals surface area contributed by atoms with E-state index in [-0.39, 0.29) is 5.91 Å². The van der Waals surface area contributed by atoms with Gasteiger partial charge in [-0.25, -0.2) is 14.6 Å². The van der Waals surface area contributed by atoms with Crippen molar-refractivity contribution >= 4 is 33.5 Å². The molecule has 1 fully saturated rings. The Bertz CT molecular complexity index is 1580. The Morgan fingerprint density at radius 2 is 1.81 bits per heavy atom. The summed E-state index contributed by atoms with van der Waals surface area (Å²) in [5.74, 6) is 0.376. The lowest BCUT2D eigenvalue weighted by atomic mass is 9.99. The van der Waals surface area contributed by atoms with Crippen LogP contribution in [0, 0.1) is 6.92 Å². The van der Waals surface area contributed by atoms with Crippen molar-refractivity contribution in [2.45, 2.75) is 45.2 Å². The third kappa shape index (κ3) is 3.86. The smallest absolute Gasteiger partial charge is 0.252 e. The molecule has 36 heavy (non-hydrogen) atoms. The molecule has 1 saturated carbocycles. The van der Waals surface area contributed by atoms with Gasteiger partial charge < -0.3 is 11.1 Å². The van der Waals surface area contributed by atoms with Crippen LogP contribution in [0.15, 0.2) is 67.0 Å². The first-order valence-electron chi connectivity index (χ1n) is 12.4.